The van der Waals surface area contributed by atoms with Gasteiger partial charge in [-0.05, 0) is 25.7 Å². The number of aliphatic carboxylic acids is 2. The summed E-state index contributed by atoms with van der Waals surface area (Å²) in [6, 6.07) is 21.7. The predicted molar refractivity (Wildman–Crippen MR) is 235 cm³/mol. The molecule has 0 bridgehead atoms. The Bertz CT molecular complexity index is 961. The standard InChI is InChI=1S/2C18H36O2.2C7H7.Sn/c2*1-2-3-4-5-6-7-8-9-10-11-12-13-14-15-16-17-18(19)20;2*1-7-5-3-2-4-6-7;/h2*2-17H2,1H3,(H,19,20);2*2-6H,1H2;/q;;;;+2/p-2. The molecule has 5 heteroatoms. The van der Waals surface area contributed by atoms with Gasteiger partial charge in [-0.25, -0.2) is 0 Å². The number of unbranched alkanes of at least 4 members (excludes halogenated alkanes) is 28. The normalized spacial score (nSPS) is 10.5. The maximum absolute atomic E-state index is 10.2. The first kappa shape index (κ1) is 53.2. The summed E-state index contributed by atoms with van der Waals surface area (Å²) in [5.41, 5.74) is 3.03. The number of carboxylic acid groups (broad SMARTS) is 2. The van der Waals surface area contributed by atoms with E-state index in [1.54, 1.807) is 0 Å². The van der Waals surface area contributed by atoms with E-state index in [4.69, 9.17) is 0 Å². The Labute approximate surface area is 351 Å². The van der Waals surface area contributed by atoms with E-state index in [1.807, 2.05) is 0 Å². The molecule has 0 aliphatic carbocycles. The van der Waals surface area contributed by atoms with Gasteiger partial charge in [0.05, 0.1) is 0 Å². The van der Waals surface area contributed by atoms with Gasteiger partial charge in [0.1, 0.15) is 0 Å². The summed E-state index contributed by atoms with van der Waals surface area (Å²) in [4.78, 5) is 20.4. The summed E-state index contributed by atoms with van der Waals surface area (Å²) in [6.07, 6.45) is 39.7. The molecule has 312 valence electrons. The number of benzene rings is 2. The first-order valence-corrected chi connectivity index (χ1v) is 27.2. The average molecular weight is 868 g/mol. The third-order valence-electron chi connectivity index (χ3n) is 10.3. The Hall–Kier alpha value is -1.82. The number of carboxylic acids is 2. The van der Waals surface area contributed by atoms with E-state index in [-0.39, 0.29) is 34.0 Å². The molecule has 0 aliphatic rings. The van der Waals surface area contributed by atoms with E-state index >= 15 is 0 Å². The number of carbonyl (C=O) groups excluding carboxylic acids is 2. The summed E-state index contributed by atoms with van der Waals surface area (Å²) in [7, 11) is 0. The molecule has 0 amide bonds. The van der Waals surface area contributed by atoms with Gasteiger partial charge in [0.15, 0.2) is 0 Å². The van der Waals surface area contributed by atoms with Crippen LogP contribution in [0.25, 0.3) is 0 Å². The molecule has 0 atom stereocenters. The Morgan fingerprint density at radius 3 is 0.800 bits per heavy atom. The zero-order valence-electron chi connectivity index (χ0n) is 35.9. The molecule has 55 heavy (non-hydrogen) atoms. The summed E-state index contributed by atoms with van der Waals surface area (Å²) in [6.45, 7) is 4.53. The quantitative estimate of drug-likeness (QED) is 0.0505. The predicted octanol–water partition coefficient (Wildman–Crippen LogP) is 13.1. The average Bonchev–Trinajstić information content (AvgIpc) is 3.19. The topological polar surface area (TPSA) is 80.3 Å². The van der Waals surface area contributed by atoms with Crippen LogP contribution in [-0.2, 0) is 18.5 Å². The van der Waals surface area contributed by atoms with Crippen molar-refractivity contribution in [2.75, 3.05) is 0 Å². The SMILES string of the molecule is CCCCCCCCCCCCCCCCCC(=O)[O-].CCCCCCCCCCCCCCCCCC(=O)[O-].c1ccc([CH2][Sn+2][CH2]c2ccccc2)cc1. The van der Waals surface area contributed by atoms with Gasteiger partial charge in [-0.1, -0.05) is 194 Å². The van der Waals surface area contributed by atoms with E-state index in [0.717, 1.165) is 25.7 Å². The van der Waals surface area contributed by atoms with Crippen LogP contribution in [-0.4, -0.2) is 33.1 Å². The molecule has 0 radical (unpaired) electrons. The monoisotopic (exact) mass is 869 g/mol. The van der Waals surface area contributed by atoms with Crippen molar-refractivity contribution in [2.45, 2.75) is 228 Å². The van der Waals surface area contributed by atoms with Crippen molar-refractivity contribution < 1.29 is 19.8 Å². The molecule has 0 fully saturated rings. The second-order valence-corrected chi connectivity index (χ2v) is 19.2. The Morgan fingerprint density at radius 2 is 0.582 bits per heavy atom. The van der Waals surface area contributed by atoms with Crippen LogP contribution in [0, 0.1) is 0 Å². The van der Waals surface area contributed by atoms with E-state index in [0.29, 0.717) is 0 Å². The van der Waals surface area contributed by atoms with Crippen molar-refractivity contribution in [3.63, 3.8) is 0 Å². The Kier molecular flexibility index (Phi) is 43.4. The van der Waals surface area contributed by atoms with Gasteiger partial charge in [-0.2, -0.15) is 0 Å². The van der Waals surface area contributed by atoms with Crippen LogP contribution < -0.4 is 10.2 Å². The molecule has 2 aromatic rings. The van der Waals surface area contributed by atoms with E-state index in [1.165, 1.54) is 187 Å². The van der Waals surface area contributed by atoms with Crippen LogP contribution in [0.1, 0.15) is 230 Å². The number of hydrogen-bond donors (Lipinski definition) is 0. The molecule has 0 saturated carbocycles. The number of hydrogen-bond acceptors (Lipinski definition) is 4. The third-order valence-corrected chi connectivity index (χ3v) is 14.1. The summed E-state index contributed by atoms with van der Waals surface area (Å²) < 4.78 is 2.69. The summed E-state index contributed by atoms with van der Waals surface area (Å²) >= 11 is -0.258. The zero-order valence-corrected chi connectivity index (χ0v) is 38.8. The van der Waals surface area contributed by atoms with Crippen LogP contribution in [0.2, 0.25) is 0 Å². The molecule has 0 saturated heterocycles. The first-order valence-electron chi connectivity index (χ1n) is 23.2. The van der Waals surface area contributed by atoms with Gasteiger partial charge in [-0.3, -0.25) is 0 Å². The fourth-order valence-electron chi connectivity index (χ4n) is 6.82. The van der Waals surface area contributed by atoms with Gasteiger partial charge < -0.3 is 19.8 Å². The summed E-state index contributed by atoms with van der Waals surface area (Å²) in [5, 5.41) is 20.4. The zero-order chi connectivity index (χ0) is 40.1. The summed E-state index contributed by atoms with van der Waals surface area (Å²) in [5.74, 6) is -1.81. The first-order chi connectivity index (χ1) is 27.0. The van der Waals surface area contributed by atoms with E-state index in [9.17, 15) is 19.8 Å². The van der Waals surface area contributed by atoms with E-state index in [2.05, 4.69) is 74.5 Å². The number of carbonyl (C=O) groups is 2. The fourth-order valence-corrected chi connectivity index (χ4v) is 10.2. The van der Waals surface area contributed by atoms with Crippen LogP contribution in [0.4, 0.5) is 0 Å². The van der Waals surface area contributed by atoms with Crippen molar-refractivity contribution in [1.82, 2.24) is 0 Å². The Balaban J connectivity index is 0.000000802. The molecule has 0 heterocycles. The van der Waals surface area contributed by atoms with Crippen LogP contribution in [0.15, 0.2) is 60.7 Å². The fraction of sp³-hybridized carbons (Fsp3) is 0.720. The molecule has 0 aliphatic heterocycles. The van der Waals surface area contributed by atoms with Gasteiger partial charge in [-0.15, -0.1) is 0 Å². The van der Waals surface area contributed by atoms with Crippen LogP contribution >= 0.6 is 0 Å². The Morgan fingerprint density at radius 1 is 0.364 bits per heavy atom. The number of rotatable bonds is 36. The van der Waals surface area contributed by atoms with Gasteiger partial charge in [0.25, 0.3) is 0 Å². The van der Waals surface area contributed by atoms with Gasteiger partial charge >= 0.3 is 102 Å². The maximum atomic E-state index is 10.2. The molecule has 0 unspecified atom stereocenters. The van der Waals surface area contributed by atoms with Crippen molar-refractivity contribution in [2.24, 2.45) is 0 Å². The molecule has 4 nitrogen and oxygen atoms in total. The molecule has 2 rings (SSSR count). The molecular weight excluding hydrogens is 783 g/mol. The van der Waals surface area contributed by atoms with Crippen molar-refractivity contribution >= 4 is 33.1 Å². The molecule has 0 spiro atoms. The van der Waals surface area contributed by atoms with Gasteiger partial charge in [0.2, 0.25) is 0 Å². The molecule has 2 aromatic carbocycles. The minimum absolute atomic E-state index is 0.234. The van der Waals surface area contributed by atoms with E-state index < -0.39 is 11.9 Å². The van der Waals surface area contributed by atoms with Crippen molar-refractivity contribution in [3.8, 4) is 0 Å². The van der Waals surface area contributed by atoms with Gasteiger partial charge in [0, 0.05) is 11.9 Å². The van der Waals surface area contributed by atoms with Crippen molar-refractivity contribution in [1.29, 1.82) is 0 Å². The second-order valence-electron chi connectivity index (χ2n) is 15.7. The molecular formula is C50H84O4Sn. The molecule has 0 aromatic heterocycles. The van der Waals surface area contributed by atoms with Crippen LogP contribution in [0.5, 0.6) is 0 Å². The minimum atomic E-state index is -0.903. The molecule has 0 N–H and O–H groups in total. The van der Waals surface area contributed by atoms with Crippen LogP contribution in [0.3, 0.4) is 0 Å². The third kappa shape index (κ3) is 44.8. The second kappa shape index (κ2) is 44.9. The van der Waals surface area contributed by atoms with Crippen molar-refractivity contribution in [3.05, 3.63) is 71.8 Å².